The van der Waals surface area contributed by atoms with Crippen LogP contribution in [0.4, 0.5) is 5.69 Å². The van der Waals surface area contributed by atoms with Crippen LogP contribution in [0.15, 0.2) is 18.2 Å². The molecule has 106 valence electrons. The summed E-state index contributed by atoms with van der Waals surface area (Å²) in [5, 5.41) is 18.6. The van der Waals surface area contributed by atoms with Gasteiger partial charge in [-0.25, -0.2) is 0 Å². The lowest BCUT2D eigenvalue weighted by Crippen LogP contribution is -2.47. The van der Waals surface area contributed by atoms with Gasteiger partial charge in [0.15, 0.2) is 0 Å². The molecule has 1 aromatic carbocycles. The Labute approximate surface area is 120 Å². The summed E-state index contributed by atoms with van der Waals surface area (Å²) >= 11 is 0. The van der Waals surface area contributed by atoms with E-state index >= 15 is 0 Å². The first-order valence-electron chi connectivity index (χ1n) is 7.74. The molecule has 1 N–H and O–H groups in total. The molecule has 0 unspecified atom stereocenters. The Hall–Kier alpha value is -1.53. The summed E-state index contributed by atoms with van der Waals surface area (Å²) in [6.07, 6.45) is 7.86. The zero-order valence-electron chi connectivity index (χ0n) is 11.9. The third kappa shape index (κ3) is 2.41. The molecule has 0 radical (unpaired) electrons. The lowest BCUT2D eigenvalue weighted by atomic mass is 9.78. The standard InChI is InChI=1S/C17H22N2O/c18-11-15-10-13(12-20)7-8-17(15)19-9-3-5-14-4-1-2-6-16(14)19/h7-8,10,14,16,20H,1-6,9,12H2/t14-,16-/m1/s1. The molecule has 0 amide bonds. The van der Waals surface area contributed by atoms with E-state index in [4.69, 9.17) is 0 Å². The van der Waals surface area contributed by atoms with Crippen LogP contribution in [0.25, 0.3) is 0 Å². The number of aliphatic hydroxyl groups is 1. The van der Waals surface area contributed by atoms with Gasteiger partial charge in [0.1, 0.15) is 6.07 Å². The number of nitriles is 1. The molecular weight excluding hydrogens is 248 g/mol. The zero-order valence-corrected chi connectivity index (χ0v) is 11.9. The van der Waals surface area contributed by atoms with E-state index in [0.717, 1.165) is 23.7 Å². The van der Waals surface area contributed by atoms with E-state index in [9.17, 15) is 10.4 Å². The minimum Gasteiger partial charge on any atom is -0.392 e. The highest BCUT2D eigenvalue weighted by Crippen LogP contribution is 2.38. The summed E-state index contributed by atoms with van der Waals surface area (Å²) in [7, 11) is 0. The molecule has 0 aromatic heterocycles. The van der Waals surface area contributed by atoms with Gasteiger partial charge in [0.05, 0.1) is 17.9 Å². The fourth-order valence-corrected chi connectivity index (χ4v) is 3.95. The summed E-state index contributed by atoms with van der Waals surface area (Å²) in [6, 6.07) is 8.74. The number of rotatable bonds is 2. The lowest BCUT2D eigenvalue weighted by molar-refractivity contribution is 0.243. The minimum atomic E-state index is 0.00101. The summed E-state index contributed by atoms with van der Waals surface area (Å²) in [6.45, 7) is 1.06. The lowest BCUT2D eigenvalue weighted by Gasteiger charge is -2.45. The zero-order chi connectivity index (χ0) is 13.9. The molecule has 0 spiro atoms. The minimum absolute atomic E-state index is 0.00101. The van der Waals surface area contributed by atoms with Crippen molar-refractivity contribution in [3.8, 4) is 6.07 Å². The van der Waals surface area contributed by atoms with Crippen molar-refractivity contribution in [1.82, 2.24) is 0 Å². The van der Waals surface area contributed by atoms with Gasteiger partial charge in [0.25, 0.3) is 0 Å². The van der Waals surface area contributed by atoms with Gasteiger partial charge < -0.3 is 10.0 Å². The number of anilines is 1. The van der Waals surface area contributed by atoms with Crippen molar-refractivity contribution in [2.24, 2.45) is 5.92 Å². The third-order valence-corrected chi connectivity index (χ3v) is 4.92. The molecule has 1 heterocycles. The van der Waals surface area contributed by atoms with Crippen molar-refractivity contribution in [2.75, 3.05) is 11.4 Å². The molecule has 2 fully saturated rings. The van der Waals surface area contributed by atoms with Gasteiger partial charge in [-0.05, 0) is 49.3 Å². The molecule has 2 aliphatic rings. The van der Waals surface area contributed by atoms with Crippen LogP contribution in [0.2, 0.25) is 0 Å². The average Bonchev–Trinajstić information content (AvgIpc) is 2.53. The number of aliphatic hydroxyl groups excluding tert-OH is 1. The van der Waals surface area contributed by atoms with Crippen LogP contribution in [-0.2, 0) is 6.61 Å². The molecule has 3 nitrogen and oxygen atoms in total. The number of nitrogens with zero attached hydrogens (tertiary/aromatic N) is 2. The number of fused-ring (bicyclic) bond motifs is 1. The highest BCUT2D eigenvalue weighted by molar-refractivity contribution is 5.61. The molecule has 1 aromatic rings. The van der Waals surface area contributed by atoms with Crippen molar-refractivity contribution in [2.45, 2.75) is 51.2 Å². The van der Waals surface area contributed by atoms with Crippen molar-refractivity contribution >= 4 is 5.69 Å². The van der Waals surface area contributed by atoms with Gasteiger partial charge in [-0.15, -0.1) is 0 Å². The summed E-state index contributed by atoms with van der Waals surface area (Å²) in [5.74, 6) is 0.807. The highest BCUT2D eigenvalue weighted by Gasteiger charge is 2.34. The van der Waals surface area contributed by atoms with Crippen LogP contribution in [0, 0.1) is 17.2 Å². The molecular formula is C17H22N2O. The number of hydrogen-bond acceptors (Lipinski definition) is 3. The Morgan fingerprint density at radius 2 is 2.00 bits per heavy atom. The maximum atomic E-state index is 9.41. The summed E-state index contributed by atoms with van der Waals surface area (Å²) in [5.41, 5.74) is 2.60. The molecule has 20 heavy (non-hydrogen) atoms. The quantitative estimate of drug-likeness (QED) is 0.897. The van der Waals surface area contributed by atoms with Crippen molar-refractivity contribution in [3.05, 3.63) is 29.3 Å². The van der Waals surface area contributed by atoms with Gasteiger partial charge in [-0.2, -0.15) is 5.26 Å². The fraction of sp³-hybridized carbons (Fsp3) is 0.588. The predicted molar refractivity (Wildman–Crippen MR) is 79.4 cm³/mol. The molecule has 1 aliphatic carbocycles. The first kappa shape index (κ1) is 13.5. The molecule has 2 atom stereocenters. The summed E-state index contributed by atoms with van der Waals surface area (Å²) in [4.78, 5) is 2.47. The van der Waals surface area contributed by atoms with E-state index in [-0.39, 0.29) is 6.61 Å². The maximum Gasteiger partial charge on any atom is 0.101 e. The Kier molecular flexibility index (Phi) is 3.93. The van der Waals surface area contributed by atoms with Crippen LogP contribution in [0.3, 0.4) is 0 Å². The second-order valence-electron chi connectivity index (χ2n) is 6.07. The number of benzene rings is 1. The molecule has 0 bridgehead atoms. The van der Waals surface area contributed by atoms with E-state index in [2.05, 4.69) is 11.0 Å². The first-order chi connectivity index (χ1) is 9.83. The summed E-state index contributed by atoms with van der Waals surface area (Å²) < 4.78 is 0. The Morgan fingerprint density at radius 3 is 2.80 bits per heavy atom. The normalized spacial score (nSPS) is 25.9. The van der Waals surface area contributed by atoms with Gasteiger partial charge >= 0.3 is 0 Å². The van der Waals surface area contributed by atoms with Gasteiger partial charge in [0, 0.05) is 12.6 Å². The van der Waals surface area contributed by atoms with E-state index in [1.54, 1.807) is 0 Å². The van der Waals surface area contributed by atoms with E-state index in [1.807, 2.05) is 18.2 Å². The fourth-order valence-electron chi connectivity index (χ4n) is 3.95. The molecule has 1 aliphatic heterocycles. The van der Waals surface area contributed by atoms with E-state index in [0.29, 0.717) is 11.6 Å². The number of piperidine rings is 1. The largest absolute Gasteiger partial charge is 0.392 e. The van der Waals surface area contributed by atoms with Crippen LogP contribution < -0.4 is 4.90 Å². The van der Waals surface area contributed by atoms with E-state index in [1.165, 1.54) is 38.5 Å². The predicted octanol–water partition coefficient (Wildman–Crippen LogP) is 3.21. The molecule has 3 heteroatoms. The van der Waals surface area contributed by atoms with Gasteiger partial charge in [0.2, 0.25) is 0 Å². The Bertz CT molecular complexity index is 518. The molecule has 3 rings (SSSR count). The van der Waals surface area contributed by atoms with Gasteiger partial charge in [-0.1, -0.05) is 18.9 Å². The van der Waals surface area contributed by atoms with Crippen LogP contribution >= 0.6 is 0 Å². The van der Waals surface area contributed by atoms with Crippen LogP contribution in [0.5, 0.6) is 0 Å². The maximum absolute atomic E-state index is 9.41. The molecule has 1 saturated carbocycles. The Morgan fingerprint density at radius 1 is 1.20 bits per heavy atom. The van der Waals surface area contributed by atoms with Gasteiger partial charge in [-0.3, -0.25) is 0 Å². The second kappa shape index (κ2) is 5.85. The van der Waals surface area contributed by atoms with E-state index < -0.39 is 0 Å². The topological polar surface area (TPSA) is 47.3 Å². The third-order valence-electron chi connectivity index (χ3n) is 4.92. The SMILES string of the molecule is N#Cc1cc(CO)ccc1N1CCC[C@H]2CCCC[C@H]21. The number of hydrogen-bond donors (Lipinski definition) is 1. The van der Waals surface area contributed by atoms with Crippen molar-refractivity contribution in [3.63, 3.8) is 0 Å². The van der Waals surface area contributed by atoms with Crippen molar-refractivity contribution in [1.29, 1.82) is 5.26 Å². The van der Waals surface area contributed by atoms with Crippen molar-refractivity contribution < 1.29 is 5.11 Å². The Balaban J connectivity index is 1.93. The van der Waals surface area contributed by atoms with Crippen LogP contribution in [0.1, 0.15) is 49.7 Å². The monoisotopic (exact) mass is 270 g/mol. The smallest absolute Gasteiger partial charge is 0.101 e. The second-order valence-corrected chi connectivity index (χ2v) is 6.07. The first-order valence-corrected chi connectivity index (χ1v) is 7.74. The van der Waals surface area contributed by atoms with Crippen LogP contribution in [-0.4, -0.2) is 17.7 Å². The average molecular weight is 270 g/mol. The highest BCUT2D eigenvalue weighted by atomic mass is 16.3. The molecule has 1 saturated heterocycles.